The number of hydrogen-bond acceptors (Lipinski definition) is 2. The third-order valence-electron chi connectivity index (χ3n) is 4.80. The van der Waals surface area contributed by atoms with Crippen LogP contribution < -0.4 is 5.32 Å². The molecule has 0 spiro atoms. The molecule has 2 amide bonds. The van der Waals surface area contributed by atoms with Gasteiger partial charge in [0, 0.05) is 18.1 Å². The van der Waals surface area contributed by atoms with Crippen molar-refractivity contribution in [3.05, 3.63) is 70.2 Å². The zero-order valence-corrected chi connectivity index (χ0v) is 17.6. The molecule has 0 bridgehead atoms. The Labute approximate surface area is 172 Å². The Balaban J connectivity index is 2.27. The standard InChI is InChI=1S/C23H29ClN2O2/c1-4-14-25-23(28)21(5-2)26(16-18-10-12-20(24)13-11-18)22(27)15-19-9-7-6-8-17(19)3/h6-13,21H,4-5,14-16H2,1-3H3,(H,25,28). The number of halogens is 1. The van der Waals surface area contributed by atoms with E-state index in [4.69, 9.17) is 11.6 Å². The predicted octanol–water partition coefficient (Wildman–Crippen LogP) is 4.52. The highest BCUT2D eigenvalue weighted by atomic mass is 35.5. The lowest BCUT2D eigenvalue weighted by Gasteiger charge is -2.31. The van der Waals surface area contributed by atoms with Gasteiger partial charge in [-0.3, -0.25) is 9.59 Å². The molecule has 0 saturated heterocycles. The van der Waals surface area contributed by atoms with Gasteiger partial charge in [-0.1, -0.05) is 61.8 Å². The Morgan fingerprint density at radius 3 is 2.36 bits per heavy atom. The minimum Gasteiger partial charge on any atom is -0.354 e. The maximum absolute atomic E-state index is 13.2. The quantitative estimate of drug-likeness (QED) is 0.672. The molecule has 0 aliphatic carbocycles. The largest absolute Gasteiger partial charge is 0.354 e. The number of nitrogens with zero attached hydrogens (tertiary/aromatic N) is 1. The van der Waals surface area contributed by atoms with E-state index in [0.717, 1.165) is 23.1 Å². The van der Waals surface area contributed by atoms with E-state index in [1.54, 1.807) is 17.0 Å². The lowest BCUT2D eigenvalue weighted by atomic mass is 10.0. The molecule has 2 rings (SSSR count). The number of aryl methyl sites for hydroxylation is 1. The average molecular weight is 401 g/mol. The van der Waals surface area contributed by atoms with Gasteiger partial charge in [0.1, 0.15) is 6.04 Å². The number of hydrogen-bond donors (Lipinski definition) is 1. The topological polar surface area (TPSA) is 49.4 Å². The summed E-state index contributed by atoms with van der Waals surface area (Å²) >= 11 is 5.99. The first-order valence-corrected chi connectivity index (χ1v) is 10.2. The van der Waals surface area contributed by atoms with Crippen molar-refractivity contribution in [2.24, 2.45) is 0 Å². The van der Waals surface area contributed by atoms with Gasteiger partial charge >= 0.3 is 0 Å². The lowest BCUT2D eigenvalue weighted by molar-refractivity contribution is -0.140. The average Bonchev–Trinajstić information content (AvgIpc) is 2.69. The molecule has 2 aromatic rings. The van der Waals surface area contributed by atoms with Crippen LogP contribution in [0.15, 0.2) is 48.5 Å². The van der Waals surface area contributed by atoms with Gasteiger partial charge in [0.15, 0.2) is 0 Å². The normalized spacial score (nSPS) is 11.7. The van der Waals surface area contributed by atoms with E-state index in [-0.39, 0.29) is 18.2 Å². The Bertz CT molecular complexity index is 789. The number of amides is 2. The molecule has 1 N–H and O–H groups in total. The number of carbonyl (C=O) groups excluding carboxylic acids is 2. The van der Waals surface area contributed by atoms with Crippen molar-refractivity contribution in [2.75, 3.05) is 6.54 Å². The van der Waals surface area contributed by atoms with Crippen LogP contribution >= 0.6 is 11.6 Å². The molecule has 0 heterocycles. The lowest BCUT2D eigenvalue weighted by Crippen LogP contribution is -2.49. The highest BCUT2D eigenvalue weighted by Gasteiger charge is 2.28. The second-order valence-corrected chi connectivity index (χ2v) is 7.40. The maximum atomic E-state index is 13.2. The summed E-state index contributed by atoms with van der Waals surface area (Å²) in [5, 5.41) is 3.58. The Morgan fingerprint density at radius 2 is 1.75 bits per heavy atom. The number of rotatable bonds is 9. The van der Waals surface area contributed by atoms with Crippen LogP contribution in [0.25, 0.3) is 0 Å². The Kier molecular flexibility index (Phi) is 8.52. The molecule has 0 fully saturated rings. The highest BCUT2D eigenvalue weighted by Crippen LogP contribution is 2.17. The van der Waals surface area contributed by atoms with E-state index in [2.05, 4.69) is 5.32 Å². The smallest absolute Gasteiger partial charge is 0.242 e. The first-order valence-electron chi connectivity index (χ1n) is 9.82. The second-order valence-electron chi connectivity index (χ2n) is 6.97. The fraction of sp³-hybridized carbons (Fsp3) is 0.391. The minimum atomic E-state index is -0.501. The molecule has 0 saturated carbocycles. The molecule has 2 aromatic carbocycles. The summed E-state index contributed by atoms with van der Waals surface area (Å²) in [4.78, 5) is 27.6. The van der Waals surface area contributed by atoms with Gasteiger partial charge in [-0.15, -0.1) is 0 Å². The number of nitrogens with one attached hydrogen (secondary N) is 1. The highest BCUT2D eigenvalue weighted by molar-refractivity contribution is 6.30. The number of carbonyl (C=O) groups is 2. The van der Waals surface area contributed by atoms with E-state index < -0.39 is 6.04 Å². The third-order valence-corrected chi connectivity index (χ3v) is 5.06. The van der Waals surface area contributed by atoms with E-state index in [1.807, 2.05) is 57.2 Å². The van der Waals surface area contributed by atoms with Gasteiger partial charge < -0.3 is 10.2 Å². The van der Waals surface area contributed by atoms with Gasteiger partial charge in [0.2, 0.25) is 11.8 Å². The fourth-order valence-corrected chi connectivity index (χ4v) is 3.27. The van der Waals surface area contributed by atoms with Crippen LogP contribution in [0.3, 0.4) is 0 Å². The predicted molar refractivity (Wildman–Crippen MR) is 114 cm³/mol. The summed E-state index contributed by atoms with van der Waals surface area (Å²) in [6.07, 6.45) is 1.69. The SMILES string of the molecule is CCCNC(=O)C(CC)N(Cc1ccc(Cl)cc1)C(=O)Cc1ccccc1C. The van der Waals surface area contributed by atoms with Crippen LogP contribution in [-0.2, 0) is 22.6 Å². The molecule has 1 atom stereocenters. The first kappa shape index (κ1) is 22.0. The van der Waals surface area contributed by atoms with Gasteiger partial charge in [0.25, 0.3) is 0 Å². The molecular formula is C23H29ClN2O2. The monoisotopic (exact) mass is 400 g/mol. The van der Waals surface area contributed by atoms with Crippen molar-refractivity contribution in [3.8, 4) is 0 Å². The molecular weight excluding hydrogens is 372 g/mol. The van der Waals surface area contributed by atoms with Crippen molar-refractivity contribution >= 4 is 23.4 Å². The van der Waals surface area contributed by atoms with Crippen molar-refractivity contribution in [1.82, 2.24) is 10.2 Å². The van der Waals surface area contributed by atoms with E-state index in [9.17, 15) is 9.59 Å². The van der Waals surface area contributed by atoms with E-state index >= 15 is 0 Å². The molecule has 1 unspecified atom stereocenters. The van der Waals surface area contributed by atoms with Gasteiger partial charge in [-0.05, 0) is 48.6 Å². The minimum absolute atomic E-state index is 0.0530. The Morgan fingerprint density at radius 1 is 1.07 bits per heavy atom. The van der Waals surface area contributed by atoms with Crippen LogP contribution in [-0.4, -0.2) is 29.3 Å². The molecule has 5 heteroatoms. The summed E-state index contributed by atoms with van der Waals surface area (Å²) in [6, 6.07) is 14.8. The third kappa shape index (κ3) is 6.10. The molecule has 0 aliphatic heterocycles. The Hall–Kier alpha value is -2.33. The molecule has 4 nitrogen and oxygen atoms in total. The van der Waals surface area contributed by atoms with Crippen molar-refractivity contribution in [3.63, 3.8) is 0 Å². The zero-order chi connectivity index (χ0) is 20.5. The zero-order valence-electron chi connectivity index (χ0n) is 16.9. The first-order chi connectivity index (χ1) is 13.5. The van der Waals surface area contributed by atoms with Crippen LogP contribution in [0.2, 0.25) is 5.02 Å². The molecule has 150 valence electrons. The van der Waals surface area contributed by atoms with Gasteiger partial charge in [-0.2, -0.15) is 0 Å². The van der Waals surface area contributed by atoms with Crippen molar-refractivity contribution in [2.45, 2.75) is 52.6 Å². The van der Waals surface area contributed by atoms with Crippen LogP contribution in [0.5, 0.6) is 0 Å². The van der Waals surface area contributed by atoms with Gasteiger partial charge in [-0.25, -0.2) is 0 Å². The molecule has 0 radical (unpaired) electrons. The summed E-state index contributed by atoms with van der Waals surface area (Å²) in [7, 11) is 0. The van der Waals surface area contributed by atoms with Crippen LogP contribution in [0.1, 0.15) is 43.4 Å². The fourth-order valence-electron chi connectivity index (χ4n) is 3.14. The van der Waals surface area contributed by atoms with Crippen molar-refractivity contribution in [1.29, 1.82) is 0 Å². The maximum Gasteiger partial charge on any atom is 0.242 e. The summed E-state index contributed by atoms with van der Waals surface area (Å²) in [5.74, 6) is -0.154. The number of benzene rings is 2. The van der Waals surface area contributed by atoms with E-state index in [1.165, 1.54) is 0 Å². The van der Waals surface area contributed by atoms with Crippen LogP contribution in [0, 0.1) is 6.92 Å². The summed E-state index contributed by atoms with van der Waals surface area (Å²) in [6.45, 7) is 6.93. The summed E-state index contributed by atoms with van der Waals surface area (Å²) in [5.41, 5.74) is 3.01. The van der Waals surface area contributed by atoms with E-state index in [0.29, 0.717) is 24.5 Å². The molecule has 0 aromatic heterocycles. The summed E-state index contributed by atoms with van der Waals surface area (Å²) < 4.78 is 0. The molecule has 0 aliphatic rings. The van der Waals surface area contributed by atoms with Crippen molar-refractivity contribution < 1.29 is 9.59 Å². The van der Waals surface area contributed by atoms with Crippen LogP contribution in [0.4, 0.5) is 0 Å². The van der Waals surface area contributed by atoms with Gasteiger partial charge in [0.05, 0.1) is 6.42 Å². The molecule has 28 heavy (non-hydrogen) atoms. The second kappa shape index (κ2) is 10.9.